The maximum Gasteiger partial charge on any atom is 0.224 e. The van der Waals surface area contributed by atoms with E-state index in [1.165, 1.54) is 12.1 Å². The number of hydrogen-bond donors (Lipinski definition) is 2. The summed E-state index contributed by atoms with van der Waals surface area (Å²) >= 11 is 5.87. The summed E-state index contributed by atoms with van der Waals surface area (Å²) in [6.45, 7) is 0.440. The van der Waals surface area contributed by atoms with E-state index in [1.54, 1.807) is 30.3 Å². The SMILES string of the molecule is O=C(Cc1c(F)cccc1Cl)NCCc1ccc(O)cc1. The summed E-state index contributed by atoms with van der Waals surface area (Å²) in [7, 11) is 0. The van der Waals surface area contributed by atoms with Gasteiger partial charge >= 0.3 is 0 Å². The Morgan fingerprint density at radius 1 is 1.19 bits per heavy atom. The first kappa shape index (κ1) is 15.3. The molecule has 0 aromatic heterocycles. The van der Waals surface area contributed by atoms with Gasteiger partial charge in [-0.15, -0.1) is 0 Å². The number of hydrogen-bond acceptors (Lipinski definition) is 2. The minimum absolute atomic E-state index is 0.0823. The van der Waals surface area contributed by atoms with Gasteiger partial charge in [0.25, 0.3) is 0 Å². The van der Waals surface area contributed by atoms with Crippen molar-refractivity contribution < 1.29 is 14.3 Å². The number of halogens is 2. The zero-order valence-electron chi connectivity index (χ0n) is 11.3. The molecule has 0 bridgehead atoms. The number of carbonyl (C=O) groups excluding carboxylic acids is 1. The van der Waals surface area contributed by atoms with Crippen molar-refractivity contribution in [1.82, 2.24) is 5.32 Å². The molecule has 21 heavy (non-hydrogen) atoms. The molecule has 2 rings (SSSR count). The number of benzene rings is 2. The zero-order valence-corrected chi connectivity index (χ0v) is 12.0. The van der Waals surface area contributed by atoms with Crippen molar-refractivity contribution in [2.24, 2.45) is 0 Å². The lowest BCUT2D eigenvalue weighted by Gasteiger charge is -2.07. The third kappa shape index (κ3) is 4.46. The molecule has 2 N–H and O–H groups in total. The lowest BCUT2D eigenvalue weighted by Crippen LogP contribution is -2.27. The fourth-order valence-corrected chi connectivity index (χ4v) is 2.16. The van der Waals surface area contributed by atoms with Crippen LogP contribution in [0, 0.1) is 5.82 Å². The summed E-state index contributed by atoms with van der Waals surface area (Å²) in [5, 5.41) is 12.1. The molecule has 0 aliphatic carbocycles. The number of rotatable bonds is 5. The summed E-state index contributed by atoms with van der Waals surface area (Å²) in [5.74, 6) is -0.547. The van der Waals surface area contributed by atoms with Crippen molar-refractivity contribution in [2.75, 3.05) is 6.54 Å². The van der Waals surface area contributed by atoms with Gasteiger partial charge in [0.05, 0.1) is 6.42 Å². The summed E-state index contributed by atoms with van der Waals surface area (Å²) in [4.78, 5) is 11.8. The molecule has 0 spiro atoms. The molecule has 110 valence electrons. The number of amides is 1. The molecule has 1 amide bonds. The van der Waals surface area contributed by atoms with E-state index >= 15 is 0 Å². The van der Waals surface area contributed by atoms with E-state index in [0.29, 0.717) is 13.0 Å². The number of aromatic hydroxyl groups is 1. The van der Waals surface area contributed by atoms with E-state index in [0.717, 1.165) is 5.56 Å². The van der Waals surface area contributed by atoms with Crippen LogP contribution in [0.1, 0.15) is 11.1 Å². The van der Waals surface area contributed by atoms with Gasteiger partial charge in [-0.25, -0.2) is 4.39 Å². The molecule has 3 nitrogen and oxygen atoms in total. The Morgan fingerprint density at radius 3 is 2.57 bits per heavy atom. The molecule has 0 saturated heterocycles. The van der Waals surface area contributed by atoms with Crippen molar-refractivity contribution in [3.63, 3.8) is 0 Å². The highest BCUT2D eigenvalue weighted by molar-refractivity contribution is 6.31. The van der Waals surface area contributed by atoms with Gasteiger partial charge in [-0.1, -0.05) is 29.8 Å². The highest BCUT2D eigenvalue weighted by atomic mass is 35.5. The number of carbonyl (C=O) groups is 1. The van der Waals surface area contributed by atoms with Crippen LogP contribution >= 0.6 is 11.6 Å². The van der Waals surface area contributed by atoms with Gasteiger partial charge < -0.3 is 10.4 Å². The molecule has 5 heteroatoms. The number of nitrogens with one attached hydrogen (secondary N) is 1. The highest BCUT2D eigenvalue weighted by Gasteiger charge is 2.11. The van der Waals surface area contributed by atoms with Crippen LogP contribution in [-0.4, -0.2) is 17.6 Å². The molecule has 0 radical (unpaired) electrons. The zero-order chi connectivity index (χ0) is 15.2. The molecule has 0 saturated carbocycles. The third-order valence-corrected chi connectivity index (χ3v) is 3.43. The van der Waals surface area contributed by atoms with Crippen molar-refractivity contribution in [3.8, 4) is 5.75 Å². The largest absolute Gasteiger partial charge is 0.508 e. The Bertz CT molecular complexity index is 608. The molecule has 0 atom stereocenters. The minimum atomic E-state index is -0.476. The Kier molecular flexibility index (Phi) is 5.17. The van der Waals surface area contributed by atoms with Crippen molar-refractivity contribution in [1.29, 1.82) is 0 Å². The van der Waals surface area contributed by atoms with Crippen LogP contribution < -0.4 is 5.32 Å². The third-order valence-electron chi connectivity index (χ3n) is 3.07. The molecule has 2 aromatic carbocycles. The van der Waals surface area contributed by atoms with Crippen LogP contribution in [0.15, 0.2) is 42.5 Å². The smallest absolute Gasteiger partial charge is 0.224 e. The van der Waals surface area contributed by atoms with Crippen molar-refractivity contribution in [2.45, 2.75) is 12.8 Å². The summed E-state index contributed by atoms with van der Waals surface area (Å²) in [5.41, 5.74) is 1.21. The first-order chi connectivity index (χ1) is 10.1. The average Bonchev–Trinajstić information content (AvgIpc) is 2.45. The van der Waals surface area contributed by atoms with Crippen molar-refractivity contribution in [3.05, 3.63) is 64.4 Å². The summed E-state index contributed by atoms with van der Waals surface area (Å²) in [6, 6.07) is 11.1. The van der Waals surface area contributed by atoms with Gasteiger partial charge in [0.15, 0.2) is 0 Å². The van der Waals surface area contributed by atoms with Crippen LogP contribution in [0.2, 0.25) is 5.02 Å². The normalized spacial score (nSPS) is 10.4. The van der Waals surface area contributed by atoms with Gasteiger partial charge in [-0.3, -0.25) is 4.79 Å². The van der Waals surface area contributed by atoms with Crippen LogP contribution in [-0.2, 0) is 17.6 Å². The molecule has 0 unspecified atom stereocenters. The molecule has 2 aromatic rings. The fourth-order valence-electron chi connectivity index (χ4n) is 1.93. The predicted octanol–water partition coefficient (Wildman–Crippen LogP) is 3.09. The quantitative estimate of drug-likeness (QED) is 0.892. The van der Waals surface area contributed by atoms with Crippen molar-refractivity contribution >= 4 is 17.5 Å². The Hall–Kier alpha value is -2.07. The topological polar surface area (TPSA) is 49.3 Å². The van der Waals surface area contributed by atoms with Crippen LogP contribution in [0.5, 0.6) is 5.75 Å². The van der Waals surface area contributed by atoms with Gasteiger partial charge in [0, 0.05) is 17.1 Å². The maximum atomic E-state index is 13.5. The van der Waals surface area contributed by atoms with E-state index in [-0.39, 0.29) is 28.7 Å². The van der Waals surface area contributed by atoms with Crippen LogP contribution in [0.3, 0.4) is 0 Å². The number of phenols is 1. The van der Waals surface area contributed by atoms with E-state index in [1.807, 2.05) is 0 Å². The van der Waals surface area contributed by atoms with Crippen LogP contribution in [0.4, 0.5) is 4.39 Å². The molecular formula is C16H15ClFNO2. The molecule has 0 heterocycles. The van der Waals surface area contributed by atoms with E-state index in [2.05, 4.69) is 5.32 Å². The second-order valence-electron chi connectivity index (χ2n) is 4.64. The van der Waals surface area contributed by atoms with Crippen LogP contribution in [0.25, 0.3) is 0 Å². The van der Waals surface area contributed by atoms with E-state index in [4.69, 9.17) is 16.7 Å². The molecule has 0 fully saturated rings. The Balaban J connectivity index is 1.84. The molecular weight excluding hydrogens is 293 g/mol. The maximum absolute atomic E-state index is 13.5. The lowest BCUT2D eigenvalue weighted by molar-refractivity contribution is -0.120. The highest BCUT2D eigenvalue weighted by Crippen LogP contribution is 2.19. The van der Waals surface area contributed by atoms with Gasteiger partial charge in [0.1, 0.15) is 11.6 Å². The van der Waals surface area contributed by atoms with Gasteiger partial charge in [0.2, 0.25) is 5.91 Å². The Labute approximate surface area is 127 Å². The van der Waals surface area contributed by atoms with E-state index in [9.17, 15) is 9.18 Å². The predicted molar refractivity (Wildman–Crippen MR) is 79.9 cm³/mol. The molecule has 0 aliphatic heterocycles. The van der Waals surface area contributed by atoms with E-state index < -0.39 is 5.82 Å². The average molecular weight is 308 g/mol. The fraction of sp³-hybridized carbons (Fsp3) is 0.188. The Morgan fingerprint density at radius 2 is 1.90 bits per heavy atom. The molecule has 0 aliphatic rings. The first-order valence-corrected chi connectivity index (χ1v) is 6.91. The lowest BCUT2D eigenvalue weighted by atomic mass is 10.1. The monoisotopic (exact) mass is 307 g/mol. The van der Waals surface area contributed by atoms with Gasteiger partial charge in [-0.2, -0.15) is 0 Å². The minimum Gasteiger partial charge on any atom is -0.508 e. The number of phenolic OH excluding ortho intramolecular Hbond substituents is 1. The second kappa shape index (κ2) is 7.09. The first-order valence-electron chi connectivity index (χ1n) is 6.54. The second-order valence-corrected chi connectivity index (χ2v) is 5.05. The summed E-state index contributed by atoms with van der Waals surface area (Å²) in [6.07, 6.45) is 0.554. The standard InChI is InChI=1S/C16H15ClFNO2/c17-14-2-1-3-15(18)13(14)10-16(21)19-9-8-11-4-6-12(20)7-5-11/h1-7,20H,8-10H2,(H,19,21). The van der Waals surface area contributed by atoms with Gasteiger partial charge in [-0.05, 0) is 36.2 Å². The summed E-state index contributed by atoms with van der Waals surface area (Å²) < 4.78 is 13.5.